The number of carbonyl (C=O) groups is 2. The number of phenolic OH excluding ortho intramolecular Hbond substituents is 1. The SMILES string of the molecule is CC(C)C(=O)N[C@@H]1CCCN(C(=O)c2ccccc2O)C1. The molecule has 0 bridgehead atoms. The van der Waals surface area contributed by atoms with Crippen molar-refractivity contribution in [3.63, 3.8) is 0 Å². The van der Waals surface area contributed by atoms with E-state index in [4.69, 9.17) is 0 Å². The standard InChI is InChI=1S/C16H22N2O3/c1-11(2)15(20)17-12-6-5-9-18(10-12)16(21)13-7-3-4-8-14(13)19/h3-4,7-8,11-12,19H,5-6,9-10H2,1-2H3,(H,17,20)/t12-/m1/s1. The summed E-state index contributed by atoms with van der Waals surface area (Å²) in [6.45, 7) is 4.85. The number of carbonyl (C=O) groups excluding carboxylic acids is 2. The monoisotopic (exact) mass is 290 g/mol. The van der Waals surface area contributed by atoms with Crippen LogP contribution in [0.4, 0.5) is 0 Å². The highest BCUT2D eigenvalue weighted by Crippen LogP contribution is 2.20. The minimum atomic E-state index is -0.184. The number of amides is 2. The summed E-state index contributed by atoms with van der Waals surface area (Å²) < 4.78 is 0. The summed E-state index contributed by atoms with van der Waals surface area (Å²) in [6.07, 6.45) is 1.73. The Hall–Kier alpha value is -2.04. The van der Waals surface area contributed by atoms with Crippen molar-refractivity contribution in [2.75, 3.05) is 13.1 Å². The molecule has 1 saturated heterocycles. The average Bonchev–Trinajstić information content (AvgIpc) is 2.47. The van der Waals surface area contributed by atoms with Crippen molar-refractivity contribution in [3.05, 3.63) is 29.8 Å². The first-order chi connectivity index (χ1) is 9.99. The van der Waals surface area contributed by atoms with Gasteiger partial charge in [0.05, 0.1) is 5.56 Å². The quantitative estimate of drug-likeness (QED) is 0.891. The third-order valence-electron chi connectivity index (χ3n) is 3.71. The van der Waals surface area contributed by atoms with Gasteiger partial charge in [-0.2, -0.15) is 0 Å². The maximum atomic E-state index is 12.4. The average molecular weight is 290 g/mol. The lowest BCUT2D eigenvalue weighted by Gasteiger charge is -2.33. The molecule has 1 atom stereocenters. The summed E-state index contributed by atoms with van der Waals surface area (Å²) in [5, 5.41) is 12.8. The molecule has 1 heterocycles. The van der Waals surface area contributed by atoms with Crippen molar-refractivity contribution in [3.8, 4) is 5.75 Å². The molecule has 0 aromatic heterocycles. The van der Waals surface area contributed by atoms with Crippen molar-refractivity contribution in [2.24, 2.45) is 5.92 Å². The number of benzene rings is 1. The number of hydrogen-bond donors (Lipinski definition) is 2. The Balaban J connectivity index is 2.02. The van der Waals surface area contributed by atoms with Gasteiger partial charge in [0.25, 0.3) is 5.91 Å². The van der Waals surface area contributed by atoms with Gasteiger partial charge in [-0.15, -0.1) is 0 Å². The van der Waals surface area contributed by atoms with Crippen LogP contribution in [-0.4, -0.2) is 41.0 Å². The summed E-state index contributed by atoms with van der Waals surface area (Å²) >= 11 is 0. The Morgan fingerprint density at radius 1 is 1.33 bits per heavy atom. The number of hydrogen-bond acceptors (Lipinski definition) is 3. The maximum absolute atomic E-state index is 12.4. The molecule has 0 unspecified atom stereocenters. The van der Waals surface area contributed by atoms with Gasteiger partial charge >= 0.3 is 0 Å². The number of likely N-dealkylation sites (tertiary alicyclic amines) is 1. The fourth-order valence-corrected chi connectivity index (χ4v) is 2.47. The molecule has 2 rings (SSSR count). The predicted octanol–water partition coefficient (Wildman–Crippen LogP) is 1.77. The van der Waals surface area contributed by atoms with Gasteiger partial charge in [0.1, 0.15) is 5.75 Å². The highest BCUT2D eigenvalue weighted by Gasteiger charge is 2.27. The molecular formula is C16H22N2O3. The largest absolute Gasteiger partial charge is 0.507 e. The minimum absolute atomic E-state index is 0.00385. The summed E-state index contributed by atoms with van der Waals surface area (Å²) in [6, 6.07) is 6.54. The number of nitrogens with one attached hydrogen (secondary N) is 1. The Bertz CT molecular complexity index is 528. The second kappa shape index (κ2) is 6.61. The van der Waals surface area contributed by atoms with Crippen LogP contribution in [0.2, 0.25) is 0 Å². The van der Waals surface area contributed by atoms with Gasteiger partial charge in [0.15, 0.2) is 0 Å². The molecule has 0 spiro atoms. The first-order valence-corrected chi connectivity index (χ1v) is 7.36. The van der Waals surface area contributed by atoms with Crippen molar-refractivity contribution in [2.45, 2.75) is 32.7 Å². The summed E-state index contributed by atoms with van der Waals surface area (Å²) in [4.78, 5) is 25.9. The molecule has 114 valence electrons. The van der Waals surface area contributed by atoms with E-state index in [1.54, 1.807) is 23.1 Å². The fourth-order valence-electron chi connectivity index (χ4n) is 2.47. The van der Waals surface area contributed by atoms with Gasteiger partial charge in [0, 0.05) is 25.0 Å². The van der Waals surface area contributed by atoms with E-state index in [2.05, 4.69) is 5.32 Å². The number of piperidine rings is 1. The number of rotatable bonds is 3. The summed E-state index contributed by atoms with van der Waals surface area (Å²) in [7, 11) is 0. The van der Waals surface area contributed by atoms with Gasteiger partial charge in [-0.05, 0) is 25.0 Å². The molecule has 2 amide bonds. The van der Waals surface area contributed by atoms with Crippen LogP contribution in [0.1, 0.15) is 37.0 Å². The van der Waals surface area contributed by atoms with Crippen molar-refractivity contribution in [1.29, 1.82) is 0 Å². The molecule has 5 nitrogen and oxygen atoms in total. The molecule has 1 aromatic carbocycles. The fraction of sp³-hybridized carbons (Fsp3) is 0.500. The first kappa shape index (κ1) is 15.4. The van der Waals surface area contributed by atoms with E-state index in [0.29, 0.717) is 18.7 Å². The highest BCUT2D eigenvalue weighted by atomic mass is 16.3. The minimum Gasteiger partial charge on any atom is -0.507 e. The molecule has 2 N–H and O–H groups in total. The Morgan fingerprint density at radius 2 is 2.05 bits per heavy atom. The van der Waals surface area contributed by atoms with Crippen molar-refractivity contribution >= 4 is 11.8 Å². The van der Waals surface area contributed by atoms with E-state index in [0.717, 1.165) is 12.8 Å². The first-order valence-electron chi connectivity index (χ1n) is 7.36. The van der Waals surface area contributed by atoms with Gasteiger partial charge in [-0.1, -0.05) is 26.0 Å². The summed E-state index contributed by atoms with van der Waals surface area (Å²) in [5.41, 5.74) is 0.313. The van der Waals surface area contributed by atoms with Gasteiger partial charge in [0.2, 0.25) is 5.91 Å². The summed E-state index contributed by atoms with van der Waals surface area (Å²) in [5.74, 6) is -0.237. The maximum Gasteiger partial charge on any atom is 0.257 e. The Morgan fingerprint density at radius 3 is 2.71 bits per heavy atom. The highest BCUT2D eigenvalue weighted by molar-refractivity contribution is 5.96. The molecule has 1 aromatic rings. The zero-order valence-corrected chi connectivity index (χ0v) is 12.5. The molecule has 1 fully saturated rings. The topological polar surface area (TPSA) is 69.6 Å². The van der Waals surface area contributed by atoms with Crippen LogP contribution in [-0.2, 0) is 4.79 Å². The van der Waals surface area contributed by atoms with Crippen LogP contribution in [0.25, 0.3) is 0 Å². The van der Waals surface area contributed by atoms with E-state index < -0.39 is 0 Å². The van der Waals surface area contributed by atoms with Crippen LogP contribution in [0.3, 0.4) is 0 Å². The lowest BCUT2D eigenvalue weighted by Crippen LogP contribution is -2.50. The number of aromatic hydroxyl groups is 1. The zero-order chi connectivity index (χ0) is 15.4. The molecule has 21 heavy (non-hydrogen) atoms. The smallest absolute Gasteiger partial charge is 0.257 e. The molecule has 1 aliphatic rings. The van der Waals surface area contributed by atoms with Crippen LogP contribution in [0, 0.1) is 5.92 Å². The lowest BCUT2D eigenvalue weighted by atomic mass is 10.0. The molecule has 5 heteroatoms. The van der Waals surface area contributed by atoms with Crippen LogP contribution < -0.4 is 5.32 Å². The van der Waals surface area contributed by atoms with Crippen LogP contribution >= 0.6 is 0 Å². The molecule has 0 aliphatic carbocycles. The van der Waals surface area contributed by atoms with Crippen LogP contribution in [0.15, 0.2) is 24.3 Å². The second-order valence-corrected chi connectivity index (χ2v) is 5.77. The third-order valence-corrected chi connectivity index (χ3v) is 3.71. The molecule has 0 radical (unpaired) electrons. The van der Waals surface area contributed by atoms with E-state index in [1.807, 2.05) is 13.8 Å². The normalized spacial score (nSPS) is 18.6. The Labute approximate surface area is 125 Å². The zero-order valence-electron chi connectivity index (χ0n) is 12.5. The van der Waals surface area contributed by atoms with Crippen molar-refractivity contribution in [1.82, 2.24) is 10.2 Å². The lowest BCUT2D eigenvalue weighted by molar-refractivity contribution is -0.125. The predicted molar refractivity (Wildman–Crippen MR) is 80.0 cm³/mol. The molecular weight excluding hydrogens is 268 g/mol. The second-order valence-electron chi connectivity index (χ2n) is 5.77. The van der Waals surface area contributed by atoms with Gasteiger partial charge in [-0.25, -0.2) is 0 Å². The van der Waals surface area contributed by atoms with Crippen LogP contribution in [0.5, 0.6) is 5.75 Å². The Kier molecular flexibility index (Phi) is 4.83. The van der Waals surface area contributed by atoms with Crippen molar-refractivity contribution < 1.29 is 14.7 Å². The van der Waals surface area contributed by atoms with Gasteiger partial charge < -0.3 is 15.3 Å². The number of para-hydroxylation sites is 1. The van der Waals surface area contributed by atoms with E-state index >= 15 is 0 Å². The number of phenols is 1. The van der Waals surface area contributed by atoms with E-state index in [1.165, 1.54) is 6.07 Å². The van der Waals surface area contributed by atoms with E-state index in [9.17, 15) is 14.7 Å². The molecule has 0 saturated carbocycles. The third kappa shape index (κ3) is 3.74. The van der Waals surface area contributed by atoms with Gasteiger partial charge in [-0.3, -0.25) is 9.59 Å². The van der Waals surface area contributed by atoms with E-state index in [-0.39, 0.29) is 29.5 Å². The number of nitrogens with zero attached hydrogens (tertiary/aromatic N) is 1. The molecule has 1 aliphatic heterocycles.